The first-order chi connectivity index (χ1) is 17.0. The van der Waals surface area contributed by atoms with Gasteiger partial charge in [-0.2, -0.15) is 5.11 Å². The van der Waals surface area contributed by atoms with Crippen molar-refractivity contribution in [2.45, 2.75) is 6.92 Å². The van der Waals surface area contributed by atoms with Crippen molar-refractivity contribution in [3.05, 3.63) is 78.4 Å². The molecule has 0 aliphatic rings. The number of fused-ring (bicyclic) bond motifs is 1. The zero-order valence-electron chi connectivity index (χ0n) is 19.6. The summed E-state index contributed by atoms with van der Waals surface area (Å²) < 4.78 is 16.0. The number of nitrogens with zero attached hydrogens (tertiary/aromatic N) is 2. The first kappa shape index (κ1) is 23.6. The number of hydrogen-bond donors (Lipinski definition) is 2. The molecule has 0 heterocycles. The van der Waals surface area contributed by atoms with Crippen molar-refractivity contribution < 1.29 is 24.1 Å². The van der Waals surface area contributed by atoms with Gasteiger partial charge in [-0.3, -0.25) is 4.79 Å². The van der Waals surface area contributed by atoms with E-state index in [1.54, 1.807) is 48.5 Å². The Morgan fingerprint density at radius 2 is 1.66 bits per heavy atom. The lowest BCUT2D eigenvalue weighted by Crippen LogP contribution is -2.13. The Labute approximate surface area is 202 Å². The summed E-state index contributed by atoms with van der Waals surface area (Å²) in [5.41, 5.74) is 1.23. The van der Waals surface area contributed by atoms with E-state index in [0.29, 0.717) is 34.9 Å². The molecule has 8 heteroatoms. The minimum atomic E-state index is -0.530. The summed E-state index contributed by atoms with van der Waals surface area (Å²) in [6.07, 6.45) is 0. The van der Waals surface area contributed by atoms with Crippen molar-refractivity contribution in [3.8, 4) is 23.0 Å². The maximum absolute atomic E-state index is 13.2. The van der Waals surface area contributed by atoms with E-state index in [2.05, 4.69) is 15.5 Å². The van der Waals surface area contributed by atoms with Crippen LogP contribution in [-0.2, 0) is 0 Å². The Hall–Kier alpha value is -4.59. The summed E-state index contributed by atoms with van der Waals surface area (Å²) >= 11 is 0. The van der Waals surface area contributed by atoms with Crippen LogP contribution >= 0.6 is 0 Å². The summed E-state index contributed by atoms with van der Waals surface area (Å²) in [5, 5.41) is 23.8. The molecule has 0 saturated carbocycles. The number of phenolic OH excluding ortho intramolecular Hbond substituents is 1. The summed E-state index contributed by atoms with van der Waals surface area (Å²) in [7, 11) is 3.04. The number of hydrogen-bond acceptors (Lipinski definition) is 7. The summed E-state index contributed by atoms with van der Waals surface area (Å²) in [5.74, 6) is 0.921. The molecule has 0 unspecified atom stereocenters. The molecule has 178 valence electrons. The predicted molar refractivity (Wildman–Crippen MR) is 135 cm³/mol. The summed E-state index contributed by atoms with van der Waals surface area (Å²) in [6, 6.07) is 21.1. The predicted octanol–water partition coefficient (Wildman–Crippen LogP) is 6.63. The van der Waals surface area contributed by atoms with Gasteiger partial charge in [0.05, 0.1) is 37.8 Å². The number of rotatable bonds is 8. The standard InChI is InChI=1S/C27H25N3O5/c1-4-35-19-11-9-18(10-12-19)29-30-25-21-8-6-5-7-17(21)15-22(26(25)31)27(32)28-23-16-20(33-2)13-14-24(23)34-3/h5-16,31H,4H2,1-3H3,(H,28,32). The molecule has 0 aromatic heterocycles. The minimum Gasteiger partial charge on any atom is -0.505 e. The number of phenols is 1. The highest BCUT2D eigenvalue weighted by atomic mass is 16.5. The second-order valence-electron chi connectivity index (χ2n) is 7.49. The lowest BCUT2D eigenvalue weighted by Gasteiger charge is -2.14. The molecule has 35 heavy (non-hydrogen) atoms. The lowest BCUT2D eigenvalue weighted by molar-refractivity contribution is 0.102. The molecule has 0 atom stereocenters. The molecule has 0 radical (unpaired) electrons. The average Bonchev–Trinajstić information content (AvgIpc) is 2.88. The Bertz CT molecular complexity index is 1380. The van der Waals surface area contributed by atoms with Crippen molar-refractivity contribution in [1.82, 2.24) is 0 Å². The third-order valence-electron chi connectivity index (χ3n) is 5.31. The van der Waals surface area contributed by atoms with E-state index in [0.717, 1.165) is 11.1 Å². The van der Waals surface area contributed by atoms with Gasteiger partial charge in [0, 0.05) is 11.5 Å². The molecule has 0 spiro atoms. The van der Waals surface area contributed by atoms with Crippen LogP contribution in [0.1, 0.15) is 17.3 Å². The van der Waals surface area contributed by atoms with Crippen molar-refractivity contribution in [2.75, 3.05) is 26.1 Å². The van der Waals surface area contributed by atoms with E-state index in [1.165, 1.54) is 14.2 Å². The molecule has 1 amide bonds. The molecule has 0 aliphatic heterocycles. The van der Waals surface area contributed by atoms with Crippen LogP contribution in [0.25, 0.3) is 10.8 Å². The van der Waals surface area contributed by atoms with Gasteiger partial charge in [0.2, 0.25) is 0 Å². The maximum Gasteiger partial charge on any atom is 0.259 e. The van der Waals surface area contributed by atoms with Crippen molar-refractivity contribution in [2.24, 2.45) is 10.2 Å². The highest BCUT2D eigenvalue weighted by Crippen LogP contribution is 2.40. The van der Waals surface area contributed by atoms with Crippen molar-refractivity contribution in [3.63, 3.8) is 0 Å². The third-order valence-corrected chi connectivity index (χ3v) is 5.31. The van der Waals surface area contributed by atoms with E-state index in [1.807, 2.05) is 31.2 Å². The van der Waals surface area contributed by atoms with E-state index in [9.17, 15) is 9.90 Å². The number of methoxy groups -OCH3 is 2. The molecule has 4 aromatic rings. The molecule has 0 bridgehead atoms. The monoisotopic (exact) mass is 471 g/mol. The highest BCUT2D eigenvalue weighted by Gasteiger charge is 2.20. The second-order valence-corrected chi connectivity index (χ2v) is 7.49. The van der Waals surface area contributed by atoms with Crippen LogP contribution < -0.4 is 19.5 Å². The average molecular weight is 472 g/mol. The fourth-order valence-electron chi connectivity index (χ4n) is 3.58. The van der Waals surface area contributed by atoms with Gasteiger partial charge in [-0.1, -0.05) is 24.3 Å². The van der Waals surface area contributed by atoms with Crippen LogP contribution in [0.4, 0.5) is 17.1 Å². The van der Waals surface area contributed by atoms with Crippen LogP contribution in [0.3, 0.4) is 0 Å². The Kier molecular flexibility index (Phi) is 7.11. The van der Waals surface area contributed by atoms with Crippen LogP contribution in [0.5, 0.6) is 23.0 Å². The molecule has 0 aliphatic carbocycles. The van der Waals surface area contributed by atoms with Gasteiger partial charge in [-0.15, -0.1) is 5.11 Å². The van der Waals surface area contributed by atoms with Gasteiger partial charge in [0.25, 0.3) is 5.91 Å². The summed E-state index contributed by atoms with van der Waals surface area (Å²) in [4.78, 5) is 13.2. The first-order valence-electron chi connectivity index (χ1n) is 11.0. The van der Waals surface area contributed by atoms with Crippen molar-refractivity contribution >= 4 is 33.7 Å². The normalized spacial score (nSPS) is 10.9. The van der Waals surface area contributed by atoms with E-state index >= 15 is 0 Å². The zero-order chi connectivity index (χ0) is 24.8. The molecule has 2 N–H and O–H groups in total. The molecule has 0 fully saturated rings. The summed E-state index contributed by atoms with van der Waals surface area (Å²) in [6.45, 7) is 2.48. The number of anilines is 1. The molecule has 4 rings (SSSR count). The van der Waals surface area contributed by atoms with Crippen LogP contribution in [0.2, 0.25) is 0 Å². The van der Waals surface area contributed by atoms with Crippen LogP contribution in [0, 0.1) is 0 Å². The molecular formula is C27H25N3O5. The van der Waals surface area contributed by atoms with Gasteiger partial charge in [-0.25, -0.2) is 0 Å². The smallest absolute Gasteiger partial charge is 0.259 e. The quantitative estimate of drug-likeness (QED) is 0.281. The fraction of sp³-hybridized carbons (Fsp3) is 0.148. The van der Waals surface area contributed by atoms with Gasteiger partial charge in [0.15, 0.2) is 5.75 Å². The molecular weight excluding hydrogens is 446 g/mol. The number of benzene rings is 4. The second kappa shape index (κ2) is 10.6. The Morgan fingerprint density at radius 3 is 2.37 bits per heavy atom. The van der Waals surface area contributed by atoms with Gasteiger partial charge >= 0.3 is 0 Å². The highest BCUT2D eigenvalue weighted by molar-refractivity contribution is 6.12. The molecule has 4 aromatic carbocycles. The minimum absolute atomic E-state index is 0.0502. The number of aromatic hydroxyl groups is 1. The number of carbonyl (C=O) groups is 1. The van der Waals surface area contributed by atoms with E-state index in [-0.39, 0.29) is 17.0 Å². The third kappa shape index (κ3) is 5.16. The Balaban J connectivity index is 1.72. The van der Waals surface area contributed by atoms with E-state index in [4.69, 9.17) is 14.2 Å². The maximum atomic E-state index is 13.2. The SMILES string of the molecule is CCOc1ccc(N=Nc2c(O)c(C(=O)Nc3cc(OC)ccc3OC)cc3ccccc23)cc1. The van der Waals surface area contributed by atoms with Crippen LogP contribution in [0.15, 0.2) is 83.0 Å². The number of ether oxygens (including phenoxy) is 3. The molecule has 8 nitrogen and oxygen atoms in total. The van der Waals surface area contributed by atoms with Gasteiger partial charge < -0.3 is 24.6 Å². The number of nitrogens with one attached hydrogen (secondary N) is 1. The largest absolute Gasteiger partial charge is 0.505 e. The zero-order valence-corrected chi connectivity index (χ0v) is 19.6. The van der Waals surface area contributed by atoms with E-state index < -0.39 is 5.91 Å². The molecule has 0 saturated heterocycles. The number of carbonyl (C=O) groups excluding carboxylic acids is 1. The number of azo groups is 1. The van der Waals surface area contributed by atoms with Crippen LogP contribution in [-0.4, -0.2) is 31.8 Å². The number of amides is 1. The fourth-order valence-corrected chi connectivity index (χ4v) is 3.58. The van der Waals surface area contributed by atoms with Gasteiger partial charge in [-0.05, 0) is 54.8 Å². The topological polar surface area (TPSA) is 102 Å². The van der Waals surface area contributed by atoms with Crippen molar-refractivity contribution in [1.29, 1.82) is 0 Å². The van der Waals surface area contributed by atoms with Gasteiger partial charge in [0.1, 0.15) is 22.9 Å². The Morgan fingerprint density at radius 1 is 0.914 bits per heavy atom. The lowest BCUT2D eigenvalue weighted by atomic mass is 10.0. The first-order valence-corrected chi connectivity index (χ1v) is 11.0.